The van der Waals surface area contributed by atoms with E-state index in [4.69, 9.17) is 15.9 Å². The molecule has 0 spiro atoms. The highest BCUT2D eigenvalue weighted by molar-refractivity contribution is 14.1. The predicted octanol–water partition coefficient (Wildman–Crippen LogP) is 3.52. The van der Waals surface area contributed by atoms with Gasteiger partial charge in [0.2, 0.25) is 0 Å². The maximum Gasteiger partial charge on any atom is 0.262 e. The Balaban J connectivity index is 2.08. The Morgan fingerprint density at radius 1 is 1.25 bits per heavy atom. The van der Waals surface area contributed by atoms with Gasteiger partial charge in [-0.25, -0.2) is 5.43 Å². The Bertz CT molecular complexity index is 1030. The Morgan fingerprint density at radius 3 is 2.53 bits per heavy atom. The van der Waals surface area contributed by atoms with Crippen LogP contribution in [0.15, 0.2) is 41.5 Å². The van der Waals surface area contributed by atoms with Crippen molar-refractivity contribution in [3.63, 3.8) is 0 Å². The molecule has 0 saturated carbocycles. The lowest BCUT2D eigenvalue weighted by atomic mass is 10.0. The molecule has 0 saturated heterocycles. The molecule has 0 radical (unpaired) electrons. The van der Waals surface area contributed by atoms with Gasteiger partial charge in [0.1, 0.15) is 12.6 Å². The van der Waals surface area contributed by atoms with Gasteiger partial charge in [-0.3, -0.25) is 9.59 Å². The lowest BCUT2D eigenvalue weighted by Gasteiger charge is -2.20. The first-order chi connectivity index (χ1) is 15.3. The number of hydrazone groups is 1. The van der Waals surface area contributed by atoms with Gasteiger partial charge < -0.3 is 14.8 Å². The van der Waals surface area contributed by atoms with E-state index in [1.54, 1.807) is 18.2 Å². The fourth-order valence-electron chi connectivity index (χ4n) is 2.77. The van der Waals surface area contributed by atoms with Gasteiger partial charge in [-0.1, -0.05) is 37.5 Å². The lowest BCUT2D eigenvalue weighted by molar-refractivity contribution is -0.123. The summed E-state index contributed by atoms with van der Waals surface area (Å²) in [5.74, 6) is 2.61. The summed E-state index contributed by atoms with van der Waals surface area (Å²) in [5.41, 5.74) is 4.74. The number of aryl methyl sites for hydroxylation is 1. The monoisotopic (exact) mass is 547 g/mol. The highest BCUT2D eigenvalue weighted by atomic mass is 127. The van der Waals surface area contributed by atoms with Gasteiger partial charge in [0.15, 0.2) is 11.5 Å². The van der Waals surface area contributed by atoms with Crippen LogP contribution in [-0.2, 0) is 4.79 Å². The molecule has 2 N–H and O–H groups in total. The average Bonchev–Trinajstić information content (AvgIpc) is 2.76. The number of nitrogens with one attached hydrogen (secondary N) is 2. The summed E-state index contributed by atoms with van der Waals surface area (Å²) in [6, 6.07) is 9.96. The van der Waals surface area contributed by atoms with Gasteiger partial charge in [0.25, 0.3) is 11.8 Å². The molecular formula is C24H26IN3O4. The maximum absolute atomic E-state index is 12.7. The van der Waals surface area contributed by atoms with Crippen LogP contribution >= 0.6 is 22.6 Å². The molecule has 7 nitrogen and oxygen atoms in total. The van der Waals surface area contributed by atoms with Crippen LogP contribution in [0.2, 0.25) is 0 Å². The summed E-state index contributed by atoms with van der Waals surface area (Å²) in [6.07, 6.45) is 6.74. The smallest absolute Gasteiger partial charge is 0.262 e. The number of benzene rings is 2. The van der Waals surface area contributed by atoms with Crippen molar-refractivity contribution in [2.45, 2.75) is 26.8 Å². The van der Waals surface area contributed by atoms with Crippen LogP contribution < -0.4 is 20.2 Å². The molecule has 0 fully saturated rings. The van der Waals surface area contributed by atoms with E-state index in [1.165, 1.54) is 13.3 Å². The van der Waals surface area contributed by atoms with Crippen LogP contribution in [0.3, 0.4) is 0 Å². The molecule has 0 aliphatic rings. The Kier molecular flexibility index (Phi) is 9.53. The Labute approximate surface area is 202 Å². The molecule has 0 heterocycles. The Morgan fingerprint density at radius 2 is 1.94 bits per heavy atom. The van der Waals surface area contributed by atoms with Crippen molar-refractivity contribution in [3.8, 4) is 23.8 Å². The van der Waals surface area contributed by atoms with E-state index in [9.17, 15) is 9.59 Å². The summed E-state index contributed by atoms with van der Waals surface area (Å²) in [5, 5.41) is 6.81. The number of methoxy groups -OCH3 is 1. The van der Waals surface area contributed by atoms with Crippen molar-refractivity contribution in [1.29, 1.82) is 0 Å². The third-order valence-electron chi connectivity index (χ3n) is 4.49. The molecule has 0 aromatic heterocycles. The van der Waals surface area contributed by atoms with E-state index < -0.39 is 11.9 Å². The summed E-state index contributed by atoms with van der Waals surface area (Å²) >= 11 is 2.11. The molecule has 168 valence electrons. The maximum atomic E-state index is 12.7. The third kappa shape index (κ3) is 6.99. The first-order valence-corrected chi connectivity index (χ1v) is 11.0. The van der Waals surface area contributed by atoms with E-state index in [0.29, 0.717) is 22.6 Å². The fourth-order valence-corrected chi connectivity index (χ4v) is 3.55. The van der Waals surface area contributed by atoms with E-state index in [0.717, 1.165) is 9.13 Å². The molecule has 2 rings (SSSR count). The highest BCUT2D eigenvalue weighted by Crippen LogP contribution is 2.33. The number of terminal acetylenes is 1. The minimum atomic E-state index is -0.741. The number of amides is 2. The first kappa shape index (κ1) is 25.2. The topological polar surface area (TPSA) is 89.0 Å². The minimum Gasteiger partial charge on any atom is -0.493 e. The van der Waals surface area contributed by atoms with Crippen LogP contribution in [0.4, 0.5) is 0 Å². The molecule has 8 heteroatoms. The standard InChI is InChI=1S/C24H26IN3O4/c1-6-11-32-22-19(25)12-17(13-20(22)31-5)14-26-28-24(30)21(15(2)3)27-23(29)18-9-7-16(4)8-10-18/h1,7-10,12-15,21H,11H2,2-5H3,(H,27,29)(H,28,30). The molecule has 2 aromatic rings. The molecule has 2 aromatic carbocycles. The fraction of sp³-hybridized carbons (Fsp3) is 0.292. The van der Waals surface area contributed by atoms with Gasteiger partial charge in [-0.2, -0.15) is 5.10 Å². The SMILES string of the molecule is C#CCOc1c(I)cc(C=NNC(=O)C(NC(=O)c2ccc(C)cc2)C(C)C)cc1OC. The summed E-state index contributed by atoms with van der Waals surface area (Å²) in [7, 11) is 1.53. The minimum absolute atomic E-state index is 0.126. The van der Waals surface area contributed by atoms with Crippen molar-refractivity contribution in [2.75, 3.05) is 13.7 Å². The number of rotatable bonds is 9. The van der Waals surface area contributed by atoms with Gasteiger partial charge >= 0.3 is 0 Å². The van der Waals surface area contributed by atoms with Gasteiger partial charge in [-0.05, 0) is 65.3 Å². The zero-order valence-electron chi connectivity index (χ0n) is 18.4. The van der Waals surface area contributed by atoms with E-state index in [2.05, 4.69) is 44.4 Å². The van der Waals surface area contributed by atoms with Crippen molar-refractivity contribution in [1.82, 2.24) is 10.7 Å². The number of carbonyl (C=O) groups is 2. The second-order valence-corrected chi connectivity index (χ2v) is 8.48. The van der Waals surface area contributed by atoms with Crippen LogP contribution in [0.1, 0.15) is 35.3 Å². The zero-order chi connectivity index (χ0) is 23.7. The predicted molar refractivity (Wildman–Crippen MR) is 133 cm³/mol. The van der Waals surface area contributed by atoms with Crippen LogP contribution in [0.25, 0.3) is 0 Å². The highest BCUT2D eigenvalue weighted by Gasteiger charge is 2.24. The molecule has 1 atom stereocenters. The summed E-state index contributed by atoms with van der Waals surface area (Å²) < 4.78 is 11.7. The third-order valence-corrected chi connectivity index (χ3v) is 5.29. The van der Waals surface area contributed by atoms with Gasteiger partial charge in [0.05, 0.1) is 16.9 Å². The zero-order valence-corrected chi connectivity index (χ0v) is 20.6. The number of ether oxygens (including phenoxy) is 2. The van der Waals surface area contributed by atoms with E-state index in [-0.39, 0.29) is 18.4 Å². The summed E-state index contributed by atoms with van der Waals surface area (Å²) in [6.45, 7) is 5.77. The van der Waals surface area contributed by atoms with Crippen LogP contribution in [-0.4, -0.2) is 37.8 Å². The first-order valence-electron chi connectivity index (χ1n) is 9.91. The van der Waals surface area contributed by atoms with Gasteiger partial charge in [0, 0.05) is 5.56 Å². The summed E-state index contributed by atoms with van der Waals surface area (Å²) in [4.78, 5) is 25.2. The van der Waals surface area contributed by atoms with E-state index >= 15 is 0 Å². The number of hydrogen-bond acceptors (Lipinski definition) is 5. The quantitative estimate of drug-likeness (QED) is 0.218. The van der Waals surface area contributed by atoms with Crippen molar-refractivity contribution >= 4 is 40.6 Å². The molecule has 0 aliphatic heterocycles. The molecule has 2 amide bonds. The number of nitrogens with zero attached hydrogens (tertiary/aromatic N) is 1. The number of carbonyl (C=O) groups excluding carboxylic acids is 2. The average molecular weight is 547 g/mol. The molecule has 0 bridgehead atoms. The molecule has 32 heavy (non-hydrogen) atoms. The second kappa shape index (κ2) is 12.1. The molecule has 1 unspecified atom stereocenters. The van der Waals surface area contributed by atoms with Gasteiger partial charge in [-0.15, -0.1) is 6.42 Å². The number of halogens is 1. The number of hydrogen-bond donors (Lipinski definition) is 2. The van der Waals surface area contributed by atoms with Crippen LogP contribution in [0, 0.1) is 28.8 Å². The van der Waals surface area contributed by atoms with E-state index in [1.807, 2.05) is 39.0 Å². The van der Waals surface area contributed by atoms with Crippen molar-refractivity contribution < 1.29 is 19.1 Å². The normalized spacial score (nSPS) is 11.7. The largest absolute Gasteiger partial charge is 0.493 e. The second-order valence-electron chi connectivity index (χ2n) is 7.32. The Hall–Kier alpha value is -3.06. The molecule has 0 aliphatic carbocycles. The molecular weight excluding hydrogens is 521 g/mol. The van der Waals surface area contributed by atoms with Crippen molar-refractivity contribution in [2.24, 2.45) is 11.0 Å². The lowest BCUT2D eigenvalue weighted by Crippen LogP contribution is -2.48. The van der Waals surface area contributed by atoms with Crippen molar-refractivity contribution in [3.05, 3.63) is 56.7 Å². The van der Waals surface area contributed by atoms with Crippen LogP contribution in [0.5, 0.6) is 11.5 Å².